The third-order valence-corrected chi connectivity index (χ3v) is 5.84. The fourth-order valence-electron chi connectivity index (χ4n) is 4.05. The van der Waals surface area contributed by atoms with E-state index in [2.05, 4.69) is 57.7 Å². The van der Waals surface area contributed by atoms with Gasteiger partial charge in [0.25, 0.3) is 0 Å². The van der Waals surface area contributed by atoms with Gasteiger partial charge in [-0.15, -0.1) is 5.92 Å². The highest BCUT2D eigenvalue weighted by Gasteiger charge is 2.14. The van der Waals surface area contributed by atoms with Gasteiger partial charge in [0.15, 0.2) is 0 Å². The standard InChI is InChI=1S/C28H27N3O3/c1-4-5-23(14-27(32)33)21-8-10-26(11-9-21)34-18-24-7-6-22-12-13-31(28(22)20(24)3)17-25-16-29-19(2)15-30-25/h6-13,15-16,23H,14,17-18H2,1-3H3,(H,32,33)/t23-/m0/s1. The van der Waals surface area contributed by atoms with Crippen molar-refractivity contribution in [1.29, 1.82) is 0 Å². The second kappa shape index (κ2) is 10.2. The Hall–Kier alpha value is -4.11. The Bertz CT molecular complexity index is 1360. The SMILES string of the molecule is CC#C[C@@H](CC(=O)O)c1ccc(OCc2ccc3ccn(Cc4cnc(C)cn4)c3c2C)cc1. The number of carboxylic acids is 1. The number of rotatable bonds is 8. The zero-order valence-electron chi connectivity index (χ0n) is 19.6. The van der Waals surface area contributed by atoms with E-state index < -0.39 is 5.97 Å². The maximum atomic E-state index is 11.1. The lowest BCUT2D eigenvalue weighted by molar-refractivity contribution is -0.137. The average Bonchev–Trinajstić information content (AvgIpc) is 3.23. The molecule has 0 spiro atoms. The van der Waals surface area contributed by atoms with Crippen LogP contribution in [0.4, 0.5) is 0 Å². The Kier molecular flexibility index (Phi) is 6.93. The van der Waals surface area contributed by atoms with Crippen LogP contribution in [-0.2, 0) is 17.9 Å². The smallest absolute Gasteiger partial charge is 0.304 e. The summed E-state index contributed by atoms with van der Waals surface area (Å²) in [7, 11) is 0. The van der Waals surface area contributed by atoms with Gasteiger partial charge < -0.3 is 14.4 Å². The molecule has 4 rings (SSSR count). The van der Waals surface area contributed by atoms with Crippen LogP contribution in [-0.4, -0.2) is 25.6 Å². The molecule has 2 heterocycles. The monoisotopic (exact) mass is 453 g/mol. The topological polar surface area (TPSA) is 77.2 Å². The van der Waals surface area contributed by atoms with Crippen molar-refractivity contribution in [3.63, 3.8) is 0 Å². The van der Waals surface area contributed by atoms with Gasteiger partial charge in [0, 0.05) is 12.4 Å². The number of aryl methyl sites for hydroxylation is 2. The van der Waals surface area contributed by atoms with E-state index in [0.717, 1.165) is 33.8 Å². The lowest BCUT2D eigenvalue weighted by Gasteiger charge is -2.13. The Morgan fingerprint density at radius 1 is 1.09 bits per heavy atom. The quantitative estimate of drug-likeness (QED) is 0.369. The van der Waals surface area contributed by atoms with E-state index >= 15 is 0 Å². The number of carbonyl (C=O) groups is 1. The summed E-state index contributed by atoms with van der Waals surface area (Å²) in [6.45, 7) is 6.85. The molecule has 6 nitrogen and oxygen atoms in total. The molecule has 0 fully saturated rings. The predicted molar refractivity (Wildman–Crippen MR) is 132 cm³/mol. The molecule has 34 heavy (non-hydrogen) atoms. The van der Waals surface area contributed by atoms with Gasteiger partial charge in [0.1, 0.15) is 12.4 Å². The molecular weight excluding hydrogens is 426 g/mol. The van der Waals surface area contributed by atoms with Gasteiger partial charge in [-0.1, -0.05) is 30.2 Å². The van der Waals surface area contributed by atoms with Gasteiger partial charge in [0.2, 0.25) is 0 Å². The van der Waals surface area contributed by atoms with Gasteiger partial charge in [-0.05, 0) is 61.0 Å². The number of aliphatic carboxylic acids is 1. The van der Waals surface area contributed by atoms with Crippen molar-refractivity contribution in [2.45, 2.75) is 46.3 Å². The van der Waals surface area contributed by atoms with Crippen molar-refractivity contribution in [3.05, 3.63) is 89.1 Å². The molecule has 2 aromatic heterocycles. The molecule has 0 unspecified atom stereocenters. The molecule has 1 atom stereocenters. The zero-order valence-corrected chi connectivity index (χ0v) is 19.6. The van der Waals surface area contributed by atoms with Crippen molar-refractivity contribution in [3.8, 4) is 17.6 Å². The summed E-state index contributed by atoms with van der Waals surface area (Å²) < 4.78 is 8.26. The van der Waals surface area contributed by atoms with Crippen LogP contribution in [0.2, 0.25) is 0 Å². The maximum absolute atomic E-state index is 11.1. The second-order valence-corrected chi connectivity index (χ2v) is 8.28. The van der Waals surface area contributed by atoms with Crippen molar-refractivity contribution in [1.82, 2.24) is 14.5 Å². The molecule has 2 aromatic carbocycles. The Labute approximate surface area is 199 Å². The third kappa shape index (κ3) is 5.26. The van der Waals surface area contributed by atoms with Gasteiger partial charge in [-0.25, -0.2) is 0 Å². The Morgan fingerprint density at radius 3 is 2.56 bits per heavy atom. The minimum atomic E-state index is -0.863. The summed E-state index contributed by atoms with van der Waals surface area (Å²) in [5, 5.41) is 10.3. The molecule has 4 aromatic rings. The van der Waals surface area contributed by atoms with Crippen LogP contribution in [0.25, 0.3) is 10.9 Å². The first-order valence-electron chi connectivity index (χ1n) is 11.2. The van der Waals surface area contributed by atoms with Gasteiger partial charge in [-0.2, -0.15) is 0 Å². The lowest BCUT2D eigenvalue weighted by Crippen LogP contribution is -2.05. The summed E-state index contributed by atoms with van der Waals surface area (Å²) >= 11 is 0. The molecule has 1 N–H and O–H groups in total. The molecule has 0 saturated carbocycles. The molecule has 0 aliphatic heterocycles. The normalized spacial score (nSPS) is 11.6. The van der Waals surface area contributed by atoms with Gasteiger partial charge >= 0.3 is 5.97 Å². The molecule has 0 bridgehead atoms. The van der Waals surface area contributed by atoms with Crippen LogP contribution in [0, 0.1) is 25.7 Å². The highest BCUT2D eigenvalue weighted by atomic mass is 16.5. The first kappa shape index (κ1) is 23.1. The summed E-state index contributed by atoms with van der Waals surface area (Å²) in [6, 6.07) is 13.8. The van der Waals surface area contributed by atoms with Crippen LogP contribution < -0.4 is 4.74 Å². The summed E-state index contributed by atoms with van der Waals surface area (Å²) in [5.41, 5.74) is 6.12. The average molecular weight is 454 g/mol. The van der Waals surface area contributed by atoms with Crippen LogP contribution in [0.3, 0.4) is 0 Å². The maximum Gasteiger partial charge on any atom is 0.304 e. The number of hydrogen-bond donors (Lipinski definition) is 1. The molecule has 0 amide bonds. The van der Waals surface area contributed by atoms with Crippen LogP contribution >= 0.6 is 0 Å². The van der Waals surface area contributed by atoms with E-state index in [1.54, 1.807) is 13.1 Å². The summed E-state index contributed by atoms with van der Waals surface area (Å²) in [5.74, 6) is 5.33. The molecule has 0 aliphatic rings. The van der Waals surface area contributed by atoms with Crippen LogP contribution in [0.1, 0.15) is 47.3 Å². The fraction of sp³-hybridized carbons (Fsp3) is 0.250. The highest BCUT2D eigenvalue weighted by molar-refractivity contribution is 5.84. The van der Waals surface area contributed by atoms with E-state index in [4.69, 9.17) is 9.84 Å². The second-order valence-electron chi connectivity index (χ2n) is 8.28. The molecule has 172 valence electrons. The summed E-state index contributed by atoms with van der Waals surface area (Å²) in [6.07, 6.45) is 5.67. The van der Waals surface area contributed by atoms with Crippen LogP contribution in [0.15, 0.2) is 61.1 Å². The third-order valence-electron chi connectivity index (χ3n) is 5.84. The van der Waals surface area contributed by atoms with E-state index in [-0.39, 0.29) is 12.3 Å². The number of aromatic nitrogens is 3. The van der Waals surface area contributed by atoms with Gasteiger partial charge in [-0.3, -0.25) is 14.8 Å². The largest absolute Gasteiger partial charge is 0.489 e. The number of fused-ring (bicyclic) bond motifs is 1. The van der Waals surface area contributed by atoms with Crippen molar-refractivity contribution >= 4 is 16.9 Å². The highest BCUT2D eigenvalue weighted by Crippen LogP contribution is 2.26. The van der Waals surface area contributed by atoms with Crippen molar-refractivity contribution in [2.75, 3.05) is 0 Å². The van der Waals surface area contributed by atoms with E-state index in [9.17, 15) is 4.79 Å². The molecular formula is C28H27N3O3. The van der Waals surface area contributed by atoms with Gasteiger partial charge in [0.05, 0.1) is 42.0 Å². The predicted octanol–water partition coefficient (Wildman–Crippen LogP) is 5.26. The summed E-state index contributed by atoms with van der Waals surface area (Å²) in [4.78, 5) is 20.0. The minimum absolute atomic E-state index is 0.0198. The lowest BCUT2D eigenvalue weighted by atomic mass is 9.96. The van der Waals surface area contributed by atoms with Crippen molar-refractivity contribution < 1.29 is 14.6 Å². The number of carboxylic acid groups (broad SMARTS) is 1. The number of ether oxygens (including phenoxy) is 1. The Morgan fingerprint density at radius 2 is 1.88 bits per heavy atom. The van der Waals surface area contributed by atoms with E-state index in [1.165, 1.54) is 10.9 Å². The first-order chi connectivity index (χ1) is 16.4. The fourth-order valence-corrected chi connectivity index (χ4v) is 4.05. The molecule has 0 radical (unpaired) electrons. The molecule has 6 heteroatoms. The molecule has 0 aliphatic carbocycles. The van der Waals surface area contributed by atoms with E-state index in [0.29, 0.717) is 13.2 Å². The zero-order chi connectivity index (χ0) is 24.1. The van der Waals surface area contributed by atoms with Crippen molar-refractivity contribution in [2.24, 2.45) is 0 Å². The van der Waals surface area contributed by atoms with E-state index in [1.807, 2.05) is 37.4 Å². The number of benzene rings is 2. The Balaban J connectivity index is 1.50. The first-order valence-corrected chi connectivity index (χ1v) is 11.2. The number of nitrogens with zero attached hydrogens (tertiary/aromatic N) is 3. The molecule has 0 saturated heterocycles. The van der Waals surface area contributed by atoms with Crippen LogP contribution in [0.5, 0.6) is 5.75 Å². The number of hydrogen-bond acceptors (Lipinski definition) is 4. The minimum Gasteiger partial charge on any atom is -0.489 e.